The summed E-state index contributed by atoms with van der Waals surface area (Å²) in [5.41, 5.74) is -2.37. The van der Waals surface area contributed by atoms with E-state index in [1.54, 1.807) is 0 Å². The first-order valence-electron chi connectivity index (χ1n) is 7.28. The van der Waals surface area contributed by atoms with E-state index in [0.717, 1.165) is 0 Å². The smallest absolute Gasteiger partial charge is 0.417 e. The van der Waals surface area contributed by atoms with E-state index in [1.807, 2.05) is 0 Å². The van der Waals surface area contributed by atoms with E-state index in [1.165, 1.54) is 21.0 Å². The Labute approximate surface area is 146 Å². The molecule has 0 aliphatic rings. The number of likely N-dealkylation sites (N-methyl/N-ethyl adjacent to an activating group) is 1. The summed E-state index contributed by atoms with van der Waals surface area (Å²) in [5.74, 6) is -3.25. The van der Waals surface area contributed by atoms with Crippen LogP contribution in [-0.2, 0) is 15.7 Å². The Kier molecular flexibility index (Phi) is 6.93. The minimum Gasteiger partial charge on any atom is -0.444 e. The van der Waals surface area contributed by atoms with E-state index in [2.05, 4.69) is 16.0 Å². The van der Waals surface area contributed by atoms with Crippen LogP contribution in [0.25, 0.3) is 0 Å². The molecule has 3 N–H and O–H groups in total. The minimum absolute atomic E-state index is 0.175. The SMILES string of the molecule is CNC(=O)OC(C)C(NC(=O)c1ccc(F)cc1C(F)(F)F)C(=O)NC. The molecule has 0 spiro atoms. The zero-order valence-corrected chi connectivity index (χ0v) is 14.0. The molecule has 0 heterocycles. The predicted molar refractivity (Wildman–Crippen MR) is 81.7 cm³/mol. The van der Waals surface area contributed by atoms with Gasteiger partial charge in [-0.25, -0.2) is 9.18 Å². The lowest BCUT2D eigenvalue weighted by Gasteiger charge is -2.24. The van der Waals surface area contributed by atoms with Crippen LogP contribution in [0.15, 0.2) is 18.2 Å². The molecule has 1 aromatic rings. The van der Waals surface area contributed by atoms with Gasteiger partial charge in [0, 0.05) is 14.1 Å². The number of ether oxygens (including phenoxy) is 1. The highest BCUT2D eigenvalue weighted by atomic mass is 19.4. The standard InChI is InChI=1S/C15H17F4N3O4/c1-7(26-14(25)21-3)11(13(24)20-2)22-12(23)9-5-4-8(16)6-10(9)15(17,18)19/h4-7,11H,1-3H3,(H,20,24)(H,21,25)(H,22,23). The number of carbonyl (C=O) groups excluding carboxylic acids is 3. The van der Waals surface area contributed by atoms with Crippen LogP contribution in [-0.4, -0.2) is 44.1 Å². The summed E-state index contributed by atoms with van der Waals surface area (Å²) in [7, 11) is 2.49. The lowest BCUT2D eigenvalue weighted by Crippen LogP contribution is -2.53. The molecule has 0 aliphatic heterocycles. The Bertz CT molecular complexity index is 694. The van der Waals surface area contributed by atoms with Crippen molar-refractivity contribution in [3.63, 3.8) is 0 Å². The summed E-state index contributed by atoms with van der Waals surface area (Å²) in [4.78, 5) is 35.4. The van der Waals surface area contributed by atoms with Crippen LogP contribution in [0.2, 0.25) is 0 Å². The van der Waals surface area contributed by atoms with E-state index in [-0.39, 0.29) is 6.07 Å². The molecule has 144 valence electrons. The molecular formula is C15H17F4N3O4. The van der Waals surface area contributed by atoms with Crippen molar-refractivity contribution in [2.75, 3.05) is 14.1 Å². The highest BCUT2D eigenvalue weighted by Gasteiger charge is 2.37. The van der Waals surface area contributed by atoms with Gasteiger partial charge in [0.25, 0.3) is 5.91 Å². The van der Waals surface area contributed by atoms with Crippen molar-refractivity contribution >= 4 is 17.9 Å². The largest absolute Gasteiger partial charge is 0.444 e. The van der Waals surface area contributed by atoms with Crippen molar-refractivity contribution in [3.05, 3.63) is 35.1 Å². The average molecular weight is 379 g/mol. The lowest BCUT2D eigenvalue weighted by molar-refractivity contribution is -0.138. The molecule has 0 radical (unpaired) electrons. The lowest BCUT2D eigenvalue weighted by atomic mass is 10.0. The summed E-state index contributed by atoms with van der Waals surface area (Å²) in [6.45, 7) is 1.27. The first-order valence-corrected chi connectivity index (χ1v) is 7.28. The number of benzene rings is 1. The van der Waals surface area contributed by atoms with Gasteiger partial charge in [0.15, 0.2) is 0 Å². The fourth-order valence-corrected chi connectivity index (χ4v) is 2.02. The minimum atomic E-state index is -4.98. The zero-order valence-electron chi connectivity index (χ0n) is 14.0. The molecule has 2 atom stereocenters. The highest BCUT2D eigenvalue weighted by Crippen LogP contribution is 2.32. The Balaban J connectivity index is 3.15. The third-order valence-corrected chi connectivity index (χ3v) is 3.31. The number of hydrogen-bond acceptors (Lipinski definition) is 4. The van der Waals surface area contributed by atoms with Gasteiger partial charge < -0.3 is 20.7 Å². The monoisotopic (exact) mass is 379 g/mol. The molecule has 0 bridgehead atoms. The van der Waals surface area contributed by atoms with Crippen LogP contribution in [0.1, 0.15) is 22.8 Å². The Morgan fingerprint density at radius 1 is 1.12 bits per heavy atom. The Hall–Kier alpha value is -2.85. The quantitative estimate of drug-likeness (QED) is 0.675. The normalized spacial score (nSPS) is 13.3. The van der Waals surface area contributed by atoms with Crippen molar-refractivity contribution in [1.29, 1.82) is 0 Å². The second-order valence-electron chi connectivity index (χ2n) is 5.11. The molecule has 0 aliphatic carbocycles. The molecule has 11 heteroatoms. The van der Waals surface area contributed by atoms with E-state index >= 15 is 0 Å². The van der Waals surface area contributed by atoms with Gasteiger partial charge in [-0.15, -0.1) is 0 Å². The van der Waals surface area contributed by atoms with E-state index in [0.29, 0.717) is 12.1 Å². The predicted octanol–water partition coefficient (Wildman–Crippen LogP) is 1.43. The van der Waals surface area contributed by atoms with Crippen molar-refractivity contribution in [3.8, 4) is 0 Å². The topological polar surface area (TPSA) is 96.5 Å². The Morgan fingerprint density at radius 2 is 1.73 bits per heavy atom. The number of rotatable bonds is 5. The maximum atomic E-state index is 13.1. The van der Waals surface area contributed by atoms with Gasteiger partial charge >= 0.3 is 12.3 Å². The van der Waals surface area contributed by atoms with Crippen molar-refractivity contribution in [1.82, 2.24) is 16.0 Å². The van der Waals surface area contributed by atoms with Gasteiger partial charge in [0.05, 0.1) is 11.1 Å². The van der Waals surface area contributed by atoms with Crippen LogP contribution in [0.3, 0.4) is 0 Å². The molecule has 1 rings (SSSR count). The van der Waals surface area contributed by atoms with Crippen LogP contribution in [0.5, 0.6) is 0 Å². The highest BCUT2D eigenvalue weighted by molar-refractivity contribution is 5.99. The maximum Gasteiger partial charge on any atom is 0.417 e. The van der Waals surface area contributed by atoms with Crippen molar-refractivity contribution in [2.24, 2.45) is 0 Å². The van der Waals surface area contributed by atoms with Crippen molar-refractivity contribution in [2.45, 2.75) is 25.2 Å². The second kappa shape index (κ2) is 8.50. The summed E-state index contributed by atoms with van der Waals surface area (Å²) in [6.07, 6.45) is -7.09. The van der Waals surface area contributed by atoms with E-state index in [4.69, 9.17) is 4.74 Å². The number of alkyl halides is 3. The number of amides is 3. The first-order chi connectivity index (χ1) is 12.0. The fourth-order valence-electron chi connectivity index (χ4n) is 2.02. The van der Waals surface area contributed by atoms with Crippen LogP contribution in [0.4, 0.5) is 22.4 Å². The number of hydrogen-bond donors (Lipinski definition) is 3. The van der Waals surface area contributed by atoms with Gasteiger partial charge in [-0.1, -0.05) is 0 Å². The molecule has 0 fully saturated rings. The van der Waals surface area contributed by atoms with Gasteiger partial charge in [-0.2, -0.15) is 13.2 Å². The van der Waals surface area contributed by atoms with Crippen LogP contribution in [0, 0.1) is 5.82 Å². The molecule has 2 unspecified atom stereocenters. The van der Waals surface area contributed by atoms with Gasteiger partial charge in [0.2, 0.25) is 5.91 Å². The molecule has 1 aromatic carbocycles. The van der Waals surface area contributed by atoms with E-state index < -0.39 is 53.2 Å². The molecule has 7 nitrogen and oxygen atoms in total. The molecule has 26 heavy (non-hydrogen) atoms. The molecular weight excluding hydrogens is 362 g/mol. The second-order valence-corrected chi connectivity index (χ2v) is 5.11. The molecule has 0 aromatic heterocycles. The number of alkyl carbamates (subject to hydrolysis) is 1. The third kappa shape index (κ3) is 5.33. The van der Waals surface area contributed by atoms with Gasteiger partial charge in [0.1, 0.15) is 18.0 Å². The van der Waals surface area contributed by atoms with Crippen LogP contribution >= 0.6 is 0 Å². The third-order valence-electron chi connectivity index (χ3n) is 3.31. The molecule has 3 amide bonds. The maximum absolute atomic E-state index is 13.1. The van der Waals surface area contributed by atoms with E-state index in [9.17, 15) is 31.9 Å². The molecule has 0 saturated carbocycles. The van der Waals surface area contributed by atoms with Crippen molar-refractivity contribution < 1.29 is 36.7 Å². The summed E-state index contributed by atoms with van der Waals surface area (Å²) >= 11 is 0. The summed E-state index contributed by atoms with van der Waals surface area (Å²) in [5, 5.41) is 6.40. The average Bonchev–Trinajstić information content (AvgIpc) is 2.57. The summed E-state index contributed by atoms with van der Waals surface area (Å²) < 4.78 is 57.0. The van der Waals surface area contributed by atoms with Gasteiger partial charge in [-0.05, 0) is 25.1 Å². The fraction of sp³-hybridized carbons (Fsp3) is 0.400. The Morgan fingerprint density at radius 3 is 2.23 bits per heavy atom. The first kappa shape index (κ1) is 21.2. The molecule has 0 saturated heterocycles. The van der Waals surface area contributed by atoms with Gasteiger partial charge in [-0.3, -0.25) is 9.59 Å². The van der Waals surface area contributed by atoms with Crippen LogP contribution < -0.4 is 16.0 Å². The number of nitrogens with one attached hydrogen (secondary N) is 3. The zero-order chi connectivity index (χ0) is 20.1. The summed E-state index contributed by atoms with van der Waals surface area (Å²) in [6, 6.07) is 0.0344. The number of halogens is 4. The number of carbonyl (C=O) groups is 3.